The van der Waals surface area contributed by atoms with Crippen LogP contribution in [0.2, 0.25) is 0 Å². The van der Waals surface area contributed by atoms with Gasteiger partial charge in [0.05, 0.1) is 5.41 Å². The highest BCUT2D eigenvalue weighted by Gasteiger charge is 2.59. The SMILES string of the molecule is O=C(OCc1ccccc1)N1C[C@H]2CC(F)(F)CC[C@@]2(C(=O)O)C1. The van der Waals surface area contributed by atoms with Gasteiger partial charge in [-0.15, -0.1) is 0 Å². The molecule has 7 heteroatoms. The molecule has 1 aliphatic carbocycles. The van der Waals surface area contributed by atoms with Crippen molar-refractivity contribution in [3.63, 3.8) is 0 Å². The van der Waals surface area contributed by atoms with E-state index in [4.69, 9.17) is 4.74 Å². The number of carboxylic acids is 1. The van der Waals surface area contributed by atoms with Gasteiger partial charge >= 0.3 is 12.1 Å². The van der Waals surface area contributed by atoms with Gasteiger partial charge in [0.25, 0.3) is 0 Å². The van der Waals surface area contributed by atoms with E-state index in [0.717, 1.165) is 5.56 Å². The normalized spacial score (nSPS) is 28.2. The molecule has 1 amide bonds. The minimum Gasteiger partial charge on any atom is -0.481 e. The van der Waals surface area contributed by atoms with Gasteiger partial charge in [-0.05, 0) is 12.0 Å². The Hall–Kier alpha value is -2.18. The van der Waals surface area contributed by atoms with Crippen LogP contribution in [0.25, 0.3) is 0 Å². The van der Waals surface area contributed by atoms with Crippen LogP contribution in [-0.2, 0) is 16.1 Å². The summed E-state index contributed by atoms with van der Waals surface area (Å²) in [6.07, 6.45) is -1.73. The number of hydrogen-bond acceptors (Lipinski definition) is 3. The van der Waals surface area contributed by atoms with Crippen molar-refractivity contribution in [2.75, 3.05) is 13.1 Å². The minimum atomic E-state index is -2.87. The van der Waals surface area contributed by atoms with Crippen LogP contribution in [-0.4, -0.2) is 41.1 Å². The standard InChI is InChI=1S/C17H19F2NO4/c18-17(19)7-6-16(14(21)22)11-20(9-13(16)8-17)15(23)24-10-12-4-2-1-3-5-12/h1-5,13H,6-11H2,(H,21,22)/t13-,16-/m1/s1. The number of hydrogen-bond donors (Lipinski definition) is 1. The molecule has 0 bridgehead atoms. The molecule has 0 unspecified atom stereocenters. The number of ether oxygens (including phenoxy) is 1. The third kappa shape index (κ3) is 3.07. The minimum absolute atomic E-state index is 0.00445. The molecule has 0 radical (unpaired) electrons. The molecule has 1 saturated heterocycles. The van der Waals surface area contributed by atoms with Crippen molar-refractivity contribution < 1.29 is 28.2 Å². The maximum atomic E-state index is 13.6. The van der Waals surface area contributed by atoms with E-state index in [2.05, 4.69) is 0 Å². The zero-order valence-corrected chi connectivity index (χ0v) is 13.1. The molecule has 2 aliphatic rings. The fourth-order valence-corrected chi connectivity index (χ4v) is 3.69. The van der Waals surface area contributed by atoms with E-state index in [0.29, 0.717) is 0 Å². The lowest BCUT2D eigenvalue weighted by molar-refractivity contribution is -0.160. The van der Waals surface area contributed by atoms with Gasteiger partial charge in [-0.1, -0.05) is 30.3 Å². The Labute approximate surface area is 138 Å². The zero-order chi connectivity index (χ0) is 17.4. The van der Waals surface area contributed by atoms with Crippen LogP contribution >= 0.6 is 0 Å². The smallest absolute Gasteiger partial charge is 0.410 e. The second kappa shape index (κ2) is 6.03. The predicted molar refractivity (Wildman–Crippen MR) is 80.6 cm³/mol. The van der Waals surface area contributed by atoms with Crippen molar-refractivity contribution in [3.05, 3.63) is 35.9 Å². The zero-order valence-electron chi connectivity index (χ0n) is 13.1. The number of fused-ring (bicyclic) bond motifs is 1. The lowest BCUT2D eigenvalue weighted by atomic mass is 9.67. The molecule has 0 spiro atoms. The monoisotopic (exact) mass is 339 g/mol. The van der Waals surface area contributed by atoms with E-state index in [1.54, 1.807) is 12.1 Å². The van der Waals surface area contributed by atoms with E-state index >= 15 is 0 Å². The molecule has 1 aliphatic heterocycles. The van der Waals surface area contributed by atoms with Crippen molar-refractivity contribution in [1.82, 2.24) is 4.90 Å². The van der Waals surface area contributed by atoms with Crippen LogP contribution in [0.15, 0.2) is 30.3 Å². The maximum absolute atomic E-state index is 13.6. The lowest BCUT2D eigenvalue weighted by Gasteiger charge is -2.37. The van der Waals surface area contributed by atoms with Gasteiger partial charge in [-0.2, -0.15) is 0 Å². The first-order chi connectivity index (χ1) is 11.3. The van der Waals surface area contributed by atoms with Gasteiger partial charge in [0.15, 0.2) is 0 Å². The number of carboxylic acid groups (broad SMARTS) is 1. The Morgan fingerprint density at radius 2 is 1.96 bits per heavy atom. The Balaban J connectivity index is 1.67. The topological polar surface area (TPSA) is 66.8 Å². The van der Waals surface area contributed by atoms with Crippen molar-refractivity contribution >= 4 is 12.1 Å². The first-order valence-corrected chi connectivity index (χ1v) is 7.89. The molecule has 1 aromatic carbocycles. The highest BCUT2D eigenvalue weighted by Crippen LogP contribution is 2.51. The summed E-state index contributed by atoms with van der Waals surface area (Å²) < 4.78 is 32.5. The van der Waals surface area contributed by atoms with Gasteiger partial charge in [0.1, 0.15) is 6.61 Å². The number of aliphatic carboxylic acids is 1. The number of rotatable bonds is 3. The molecule has 3 rings (SSSR count). The summed E-state index contributed by atoms with van der Waals surface area (Å²) in [5, 5.41) is 9.55. The Kier molecular flexibility index (Phi) is 4.19. The lowest BCUT2D eigenvalue weighted by Crippen LogP contribution is -2.46. The molecule has 24 heavy (non-hydrogen) atoms. The van der Waals surface area contributed by atoms with Crippen molar-refractivity contribution in [3.8, 4) is 0 Å². The molecule has 1 saturated carbocycles. The largest absolute Gasteiger partial charge is 0.481 e. The summed E-state index contributed by atoms with van der Waals surface area (Å²) in [4.78, 5) is 25.2. The van der Waals surface area contributed by atoms with E-state index in [-0.39, 0.29) is 26.1 Å². The quantitative estimate of drug-likeness (QED) is 0.919. The van der Waals surface area contributed by atoms with Crippen LogP contribution in [0.1, 0.15) is 24.8 Å². The van der Waals surface area contributed by atoms with Gasteiger partial charge < -0.3 is 14.7 Å². The molecule has 0 aromatic heterocycles. The molecule has 5 nitrogen and oxygen atoms in total. The fourth-order valence-electron chi connectivity index (χ4n) is 3.69. The van der Waals surface area contributed by atoms with Crippen LogP contribution < -0.4 is 0 Å². The summed E-state index contributed by atoms with van der Waals surface area (Å²) in [6, 6.07) is 9.07. The average Bonchev–Trinajstić information content (AvgIpc) is 2.92. The third-order valence-corrected chi connectivity index (χ3v) is 5.07. The van der Waals surface area contributed by atoms with Crippen LogP contribution in [0.4, 0.5) is 13.6 Å². The predicted octanol–water partition coefficient (Wildman–Crippen LogP) is 3.15. The number of nitrogens with zero attached hydrogens (tertiary/aromatic N) is 1. The molecular formula is C17H19F2NO4. The first kappa shape index (κ1) is 16.7. The summed E-state index contributed by atoms with van der Waals surface area (Å²) in [5.74, 6) is -4.72. The number of carbonyl (C=O) groups is 2. The van der Waals surface area contributed by atoms with Crippen molar-refractivity contribution in [2.24, 2.45) is 11.3 Å². The third-order valence-electron chi connectivity index (χ3n) is 5.07. The van der Waals surface area contributed by atoms with E-state index in [9.17, 15) is 23.5 Å². The van der Waals surface area contributed by atoms with E-state index < -0.39 is 42.2 Å². The molecule has 130 valence electrons. The average molecular weight is 339 g/mol. The van der Waals surface area contributed by atoms with Crippen LogP contribution in [0, 0.1) is 11.3 Å². The van der Waals surface area contributed by atoms with Crippen molar-refractivity contribution in [2.45, 2.75) is 31.8 Å². The molecule has 1 aromatic rings. The van der Waals surface area contributed by atoms with E-state index in [1.807, 2.05) is 18.2 Å². The Bertz CT molecular complexity index is 637. The van der Waals surface area contributed by atoms with Crippen LogP contribution in [0.5, 0.6) is 0 Å². The Morgan fingerprint density at radius 1 is 1.25 bits per heavy atom. The number of amides is 1. The summed E-state index contributed by atoms with van der Waals surface area (Å²) in [6.45, 7) is -0.0106. The molecule has 1 N–H and O–H groups in total. The first-order valence-electron chi connectivity index (χ1n) is 7.89. The van der Waals surface area contributed by atoms with Gasteiger partial charge in [-0.3, -0.25) is 4.79 Å². The van der Waals surface area contributed by atoms with Crippen LogP contribution in [0.3, 0.4) is 0 Å². The molecule has 2 fully saturated rings. The number of likely N-dealkylation sites (tertiary alicyclic amines) is 1. The van der Waals surface area contributed by atoms with Crippen molar-refractivity contribution in [1.29, 1.82) is 0 Å². The number of halogens is 2. The van der Waals surface area contributed by atoms with E-state index in [1.165, 1.54) is 4.90 Å². The fraction of sp³-hybridized carbons (Fsp3) is 0.529. The number of carbonyl (C=O) groups excluding carboxylic acids is 1. The molecular weight excluding hydrogens is 320 g/mol. The molecule has 2 atom stereocenters. The van der Waals surface area contributed by atoms with Gasteiger partial charge in [0, 0.05) is 31.8 Å². The second-order valence-corrected chi connectivity index (χ2v) is 6.64. The maximum Gasteiger partial charge on any atom is 0.410 e. The van der Waals surface area contributed by atoms with Gasteiger partial charge in [-0.25, -0.2) is 13.6 Å². The summed E-state index contributed by atoms with van der Waals surface area (Å²) in [5.41, 5.74) is -0.477. The highest BCUT2D eigenvalue weighted by atomic mass is 19.3. The highest BCUT2D eigenvalue weighted by molar-refractivity contribution is 5.78. The Morgan fingerprint density at radius 3 is 2.62 bits per heavy atom. The number of alkyl halides is 2. The van der Waals surface area contributed by atoms with Gasteiger partial charge in [0.2, 0.25) is 5.92 Å². The summed E-state index contributed by atoms with van der Waals surface area (Å²) >= 11 is 0. The summed E-state index contributed by atoms with van der Waals surface area (Å²) in [7, 11) is 0. The number of benzene rings is 1. The second-order valence-electron chi connectivity index (χ2n) is 6.64. The molecule has 1 heterocycles.